The van der Waals surface area contributed by atoms with Crippen molar-refractivity contribution in [2.45, 2.75) is 50.5 Å². The maximum absolute atomic E-state index is 10.8. The molecule has 3 aromatic carbocycles. The third-order valence-electron chi connectivity index (χ3n) is 5.62. The second-order valence-corrected chi connectivity index (χ2v) is 8.65. The third-order valence-corrected chi connectivity index (χ3v) is 6.26. The lowest BCUT2D eigenvalue weighted by Gasteiger charge is -2.44. The summed E-state index contributed by atoms with van der Waals surface area (Å²) in [5, 5.41) is 11.3. The van der Waals surface area contributed by atoms with Crippen molar-refractivity contribution >= 4 is 15.9 Å². The van der Waals surface area contributed by atoms with Crippen LogP contribution in [0.15, 0.2) is 91.0 Å². The molecule has 0 amide bonds. The second kappa shape index (κ2) is 12.4. The van der Waals surface area contributed by atoms with E-state index in [1.54, 1.807) is 0 Å². The van der Waals surface area contributed by atoms with Crippen LogP contribution in [0.2, 0.25) is 0 Å². The number of rotatable bonds is 10. The van der Waals surface area contributed by atoms with Crippen LogP contribution >= 0.6 is 15.9 Å². The monoisotopic (exact) mass is 512 g/mol. The Kier molecular flexibility index (Phi) is 9.06. The average Bonchev–Trinajstić information content (AvgIpc) is 2.87. The fraction of sp³-hybridized carbons (Fsp3) is 0.333. The van der Waals surface area contributed by atoms with E-state index in [4.69, 9.17) is 18.9 Å². The van der Waals surface area contributed by atoms with E-state index < -0.39 is 24.6 Å². The topological polar surface area (TPSA) is 57.2 Å². The predicted octanol–water partition coefficient (Wildman–Crippen LogP) is 4.85. The number of benzene rings is 3. The van der Waals surface area contributed by atoms with Crippen LogP contribution in [0.25, 0.3) is 0 Å². The SMILES string of the molecule is O[C@@H]1O[C@H](CBr)[C@@H](OCc2ccccc2)[C@H](OCc2ccccc2)[C@H]1OCc1ccccc1. The summed E-state index contributed by atoms with van der Waals surface area (Å²) in [5.41, 5.74) is 3.11. The van der Waals surface area contributed by atoms with Crippen LogP contribution in [0.4, 0.5) is 0 Å². The molecule has 1 fully saturated rings. The lowest BCUT2D eigenvalue weighted by atomic mass is 9.98. The van der Waals surface area contributed by atoms with Gasteiger partial charge in [0.15, 0.2) is 6.29 Å². The molecule has 0 bridgehead atoms. The maximum atomic E-state index is 10.8. The molecule has 5 nitrogen and oxygen atoms in total. The Morgan fingerprint density at radius 1 is 0.606 bits per heavy atom. The van der Waals surface area contributed by atoms with Gasteiger partial charge in [0.1, 0.15) is 18.3 Å². The van der Waals surface area contributed by atoms with Crippen LogP contribution in [0.3, 0.4) is 0 Å². The highest BCUT2D eigenvalue weighted by Crippen LogP contribution is 2.30. The summed E-state index contributed by atoms with van der Waals surface area (Å²) < 4.78 is 24.8. The van der Waals surface area contributed by atoms with Crippen LogP contribution in [-0.2, 0) is 38.8 Å². The van der Waals surface area contributed by atoms with Gasteiger partial charge in [0.05, 0.1) is 25.9 Å². The van der Waals surface area contributed by atoms with Crippen LogP contribution in [-0.4, -0.2) is 41.1 Å². The van der Waals surface area contributed by atoms with Gasteiger partial charge in [-0.15, -0.1) is 0 Å². The second-order valence-electron chi connectivity index (χ2n) is 8.00. The van der Waals surface area contributed by atoms with Gasteiger partial charge in [-0.1, -0.05) is 107 Å². The Morgan fingerprint density at radius 3 is 1.42 bits per heavy atom. The molecule has 1 aliphatic rings. The molecular formula is C27H29BrO5. The molecule has 4 rings (SSSR count). The molecule has 174 valence electrons. The minimum Gasteiger partial charge on any atom is -0.368 e. The molecule has 0 saturated carbocycles. The molecule has 0 radical (unpaired) electrons. The zero-order valence-electron chi connectivity index (χ0n) is 18.3. The minimum atomic E-state index is -1.13. The fourth-order valence-corrected chi connectivity index (χ4v) is 4.41. The van der Waals surface area contributed by atoms with Crippen molar-refractivity contribution in [3.8, 4) is 0 Å². The largest absolute Gasteiger partial charge is 0.368 e. The van der Waals surface area contributed by atoms with Crippen molar-refractivity contribution in [2.24, 2.45) is 0 Å². The first-order valence-electron chi connectivity index (χ1n) is 11.1. The molecular weight excluding hydrogens is 484 g/mol. The van der Waals surface area contributed by atoms with Gasteiger partial charge in [0.2, 0.25) is 0 Å². The highest BCUT2D eigenvalue weighted by molar-refractivity contribution is 9.09. The summed E-state index contributed by atoms with van der Waals surface area (Å²) in [6.45, 7) is 1.12. The number of alkyl halides is 1. The summed E-state index contributed by atoms with van der Waals surface area (Å²) in [7, 11) is 0. The smallest absolute Gasteiger partial charge is 0.184 e. The van der Waals surface area contributed by atoms with E-state index in [9.17, 15) is 5.11 Å². The summed E-state index contributed by atoms with van der Waals surface area (Å²) >= 11 is 3.51. The minimum absolute atomic E-state index is 0.335. The fourth-order valence-electron chi connectivity index (χ4n) is 3.89. The Bertz CT molecular complexity index is 941. The quantitative estimate of drug-likeness (QED) is 0.393. The molecule has 0 aliphatic carbocycles. The van der Waals surface area contributed by atoms with Gasteiger partial charge < -0.3 is 24.1 Å². The van der Waals surface area contributed by atoms with E-state index in [0.717, 1.165) is 16.7 Å². The number of hydrogen-bond donors (Lipinski definition) is 1. The lowest BCUT2D eigenvalue weighted by molar-refractivity contribution is -0.307. The molecule has 0 spiro atoms. The van der Waals surface area contributed by atoms with Crippen LogP contribution in [0.5, 0.6) is 0 Å². The molecule has 1 N–H and O–H groups in total. The number of ether oxygens (including phenoxy) is 4. The summed E-state index contributed by atoms with van der Waals surface area (Å²) in [5.74, 6) is 0. The summed E-state index contributed by atoms with van der Waals surface area (Å²) in [6.07, 6.45) is -3.18. The van der Waals surface area contributed by atoms with Gasteiger partial charge in [0.25, 0.3) is 0 Å². The van der Waals surface area contributed by atoms with Crippen molar-refractivity contribution in [1.82, 2.24) is 0 Å². The summed E-state index contributed by atoms with van der Waals surface area (Å²) in [6, 6.07) is 29.8. The number of aliphatic hydroxyl groups is 1. The Balaban J connectivity index is 1.53. The van der Waals surface area contributed by atoms with Crippen molar-refractivity contribution in [3.05, 3.63) is 108 Å². The van der Waals surface area contributed by atoms with E-state index in [-0.39, 0.29) is 6.10 Å². The first-order valence-corrected chi connectivity index (χ1v) is 12.2. The Morgan fingerprint density at radius 2 is 1.00 bits per heavy atom. The normalized spacial score (nSPS) is 25.1. The van der Waals surface area contributed by atoms with Crippen LogP contribution in [0, 0.1) is 0 Å². The van der Waals surface area contributed by atoms with Crippen molar-refractivity contribution in [2.75, 3.05) is 5.33 Å². The highest BCUT2D eigenvalue weighted by Gasteiger charge is 2.47. The van der Waals surface area contributed by atoms with Crippen molar-refractivity contribution in [3.63, 3.8) is 0 Å². The van der Waals surface area contributed by atoms with Crippen LogP contribution < -0.4 is 0 Å². The molecule has 1 saturated heterocycles. The zero-order valence-corrected chi connectivity index (χ0v) is 19.9. The molecule has 6 heteroatoms. The first kappa shape index (κ1) is 24.1. The predicted molar refractivity (Wildman–Crippen MR) is 130 cm³/mol. The van der Waals surface area contributed by atoms with E-state index in [0.29, 0.717) is 25.2 Å². The molecule has 3 aromatic rings. The van der Waals surface area contributed by atoms with Crippen molar-refractivity contribution in [1.29, 1.82) is 0 Å². The molecule has 33 heavy (non-hydrogen) atoms. The van der Waals surface area contributed by atoms with E-state index in [1.165, 1.54) is 0 Å². The Labute approximate surface area is 203 Å². The first-order chi connectivity index (χ1) is 16.2. The van der Waals surface area contributed by atoms with Gasteiger partial charge in [-0.25, -0.2) is 0 Å². The van der Waals surface area contributed by atoms with Gasteiger partial charge in [-0.3, -0.25) is 0 Å². The van der Waals surface area contributed by atoms with Gasteiger partial charge in [-0.2, -0.15) is 0 Å². The summed E-state index contributed by atoms with van der Waals surface area (Å²) in [4.78, 5) is 0. The van der Waals surface area contributed by atoms with Gasteiger partial charge >= 0.3 is 0 Å². The number of aliphatic hydroxyl groups excluding tert-OH is 1. The van der Waals surface area contributed by atoms with E-state index in [1.807, 2.05) is 91.0 Å². The molecule has 0 aromatic heterocycles. The number of hydrogen-bond acceptors (Lipinski definition) is 5. The molecule has 0 unspecified atom stereocenters. The lowest BCUT2D eigenvalue weighted by Crippen LogP contribution is -2.60. The average molecular weight is 513 g/mol. The van der Waals surface area contributed by atoms with Gasteiger partial charge in [0, 0.05) is 5.33 Å². The van der Waals surface area contributed by atoms with Gasteiger partial charge in [-0.05, 0) is 16.7 Å². The number of halogens is 1. The molecule has 5 atom stereocenters. The maximum Gasteiger partial charge on any atom is 0.184 e. The Hall–Kier alpha value is -2.06. The molecule has 1 aliphatic heterocycles. The standard InChI is InChI=1S/C27H29BrO5/c28-16-23-24(30-17-20-10-4-1-5-11-20)25(31-18-21-12-6-2-7-13-21)26(27(29)33-23)32-19-22-14-8-3-9-15-22/h1-15,23-27,29H,16-19H2/t23-,24-,25+,26-,27-/m1/s1. The highest BCUT2D eigenvalue weighted by atomic mass is 79.9. The van der Waals surface area contributed by atoms with Crippen LogP contribution in [0.1, 0.15) is 16.7 Å². The third kappa shape index (κ3) is 6.73. The van der Waals surface area contributed by atoms with E-state index >= 15 is 0 Å². The zero-order chi connectivity index (χ0) is 22.9. The van der Waals surface area contributed by atoms with Crippen molar-refractivity contribution < 1.29 is 24.1 Å². The molecule has 1 heterocycles. The van der Waals surface area contributed by atoms with E-state index in [2.05, 4.69) is 15.9 Å².